The van der Waals surface area contributed by atoms with Gasteiger partial charge in [0.05, 0.1) is 17.8 Å². The summed E-state index contributed by atoms with van der Waals surface area (Å²) in [5, 5.41) is 9.97. The van der Waals surface area contributed by atoms with E-state index in [0.717, 1.165) is 23.8 Å². The average Bonchev–Trinajstić information content (AvgIpc) is 3.34. The normalized spacial score (nSPS) is 18.6. The fourth-order valence-corrected chi connectivity index (χ4v) is 4.44. The molecule has 0 unspecified atom stereocenters. The van der Waals surface area contributed by atoms with Gasteiger partial charge in [-0.05, 0) is 36.6 Å². The molecule has 0 radical (unpaired) electrons. The van der Waals surface area contributed by atoms with Crippen LogP contribution in [-0.2, 0) is 11.3 Å². The van der Waals surface area contributed by atoms with Crippen molar-refractivity contribution >= 4 is 46.5 Å². The van der Waals surface area contributed by atoms with Crippen LogP contribution in [-0.4, -0.2) is 32.2 Å². The molecule has 2 atom stereocenters. The van der Waals surface area contributed by atoms with Crippen LogP contribution in [0.2, 0.25) is 10.3 Å². The number of furan rings is 1. The molecule has 3 aromatic heterocycles. The van der Waals surface area contributed by atoms with Gasteiger partial charge < -0.3 is 20.6 Å². The Morgan fingerprint density at radius 1 is 1.35 bits per heavy atom. The minimum atomic E-state index is -2.83. The Labute approximate surface area is 186 Å². The van der Waals surface area contributed by atoms with E-state index >= 15 is 0 Å². The first-order valence-corrected chi connectivity index (χ1v) is 10.3. The minimum absolute atomic E-state index is 0.0812. The zero-order chi connectivity index (χ0) is 22.5. The van der Waals surface area contributed by atoms with Gasteiger partial charge in [-0.25, -0.2) is 4.98 Å². The van der Waals surface area contributed by atoms with E-state index in [1.807, 2.05) is 0 Å². The molecule has 0 bridgehead atoms. The molecule has 1 aliphatic rings. The van der Waals surface area contributed by atoms with Crippen LogP contribution in [0.3, 0.4) is 0 Å². The van der Waals surface area contributed by atoms with Crippen molar-refractivity contribution in [2.24, 2.45) is 5.73 Å². The first kappa shape index (κ1) is 23.2. The van der Waals surface area contributed by atoms with Gasteiger partial charge >= 0.3 is 6.55 Å². The predicted molar refractivity (Wildman–Crippen MR) is 113 cm³/mol. The number of carboxylic acid groups (broad SMARTS) is 1. The van der Waals surface area contributed by atoms with Crippen molar-refractivity contribution in [1.29, 1.82) is 0 Å². The van der Waals surface area contributed by atoms with E-state index in [1.165, 1.54) is 6.26 Å². The molecule has 3 heterocycles. The number of fused-ring (bicyclic) bond motifs is 1. The smallest absolute Gasteiger partial charge is 0.319 e. The summed E-state index contributed by atoms with van der Waals surface area (Å²) in [5.41, 5.74) is 6.86. The van der Waals surface area contributed by atoms with E-state index in [4.69, 9.17) is 43.3 Å². The number of nitrogens with zero attached hydrogens (tertiary/aromatic N) is 3. The highest BCUT2D eigenvalue weighted by molar-refractivity contribution is 6.37. The van der Waals surface area contributed by atoms with Gasteiger partial charge in [-0.3, -0.25) is 9.36 Å². The minimum Gasteiger partial charge on any atom is -0.483 e. The maximum absolute atomic E-state index is 14.2. The van der Waals surface area contributed by atoms with Crippen LogP contribution in [0.4, 0.5) is 14.6 Å². The first-order chi connectivity index (χ1) is 14.9. The number of aromatic nitrogens is 3. The maximum atomic E-state index is 14.2. The van der Waals surface area contributed by atoms with Crippen molar-refractivity contribution in [2.45, 2.75) is 50.7 Å². The third-order valence-electron chi connectivity index (χ3n) is 5.17. The second-order valence-electron chi connectivity index (χ2n) is 6.98. The third kappa shape index (κ3) is 4.91. The lowest BCUT2D eigenvalue weighted by atomic mass is 9.83. The summed E-state index contributed by atoms with van der Waals surface area (Å²) in [6, 6.07) is 3.26. The van der Waals surface area contributed by atoms with Gasteiger partial charge in [-0.1, -0.05) is 24.4 Å². The van der Waals surface area contributed by atoms with Gasteiger partial charge in [0.1, 0.15) is 16.8 Å². The van der Waals surface area contributed by atoms with Crippen LogP contribution in [0, 0.1) is 0 Å². The van der Waals surface area contributed by atoms with Crippen LogP contribution < -0.4 is 11.1 Å². The molecule has 0 aromatic carbocycles. The summed E-state index contributed by atoms with van der Waals surface area (Å²) in [7, 11) is 0. The summed E-state index contributed by atoms with van der Waals surface area (Å²) in [6.45, 7) is -2.83. The molecule has 0 saturated heterocycles. The quantitative estimate of drug-likeness (QED) is 0.349. The summed E-state index contributed by atoms with van der Waals surface area (Å²) in [4.78, 5) is 16.6. The number of anilines is 1. The Kier molecular flexibility index (Phi) is 7.69. The van der Waals surface area contributed by atoms with E-state index < -0.39 is 6.55 Å². The molecule has 1 fully saturated rings. The van der Waals surface area contributed by atoms with E-state index in [1.54, 1.807) is 12.1 Å². The van der Waals surface area contributed by atoms with Gasteiger partial charge in [0.2, 0.25) is 5.28 Å². The Balaban J connectivity index is 0.000000858. The molecule has 3 aromatic rings. The summed E-state index contributed by atoms with van der Waals surface area (Å²) < 4.78 is 34.5. The number of rotatable bonds is 5. The Hall–Kier alpha value is -2.43. The van der Waals surface area contributed by atoms with Crippen molar-refractivity contribution in [2.75, 3.05) is 5.32 Å². The second-order valence-corrected chi connectivity index (χ2v) is 7.69. The molecule has 0 amide bonds. The molecule has 4 N–H and O–H groups in total. The highest BCUT2D eigenvalue weighted by Gasteiger charge is 2.34. The number of hydrogen-bond donors (Lipinski definition) is 3. The second kappa shape index (κ2) is 10.3. The molecular weight excluding hydrogens is 455 g/mol. The van der Waals surface area contributed by atoms with Crippen molar-refractivity contribution in [3.05, 3.63) is 40.2 Å². The SMILES string of the molecule is N[C@H]1CCCC[C@@H]1c1c(Cl)c2nc(Cl)nc(NCc3ccco3)c2n1C(F)F.O=CO. The maximum Gasteiger partial charge on any atom is 0.319 e. The molecule has 31 heavy (non-hydrogen) atoms. The number of halogens is 4. The topological polar surface area (TPSA) is 119 Å². The Morgan fingerprint density at radius 2 is 2.06 bits per heavy atom. The largest absolute Gasteiger partial charge is 0.483 e. The Morgan fingerprint density at radius 3 is 2.68 bits per heavy atom. The van der Waals surface area contributed by atoms with E-state index in [2.05, 4.69) is 15.3 Å². The third-order valence-corrected chi connectivity index (χ3v) is 5.71. The van der Waals surface area contributed by atoms with E-state index in [-0.39, 0.29) is 52.1 Å². The lowest BCUT2D eigenvalue weighted by molar-refractivity contribution is -0.122. The number of nitrogens with one attached hydrogen (secondary N) is 1. The van der Waals surface area contributed by atoms with Gasteiger partial charge in [0, 0.05) is 17.7 Å². The molecule has 0 aliphatic heterocycles. The molecule has 168 valence electrons. The summed E-state index contributed by atoms with van der Waals surface area (Å²) in [5.74, 6) is 0.518. The van der Waals surface area contributed by atoms with E-state index in [0.29, 0.717) is 17.9 Å². The first-order valence-electron chi connectivity index (χ1n) is 9.53. The fraction of sp³-hybridized carbons (Fsp3) is 0.421. The van der Waals surface area contributed by atoms with Crippen LogP contribution in [0.25, 0.3) is 11.0 Å². The molecule has 1 saturated carbocycles. The summed E-state index contributed by atoms with van der Waals surface area (Å²) >= 11 is 12.6. The zero-order valence-corrected chi connectivity index (χ0v) is 17.8. The number of nitrogens with two attached hydrogens (primary N) is 1. The Bertz CT molecular complexity index is 1030. The zero-order valence-electron chi connectivity index (χ0n) is 16.3. The van der Waals surface area contributed by atoms with E-state index in [9.17, 15) is 8.78 Å². The molecule has 4 rings (SSSR count). The average molecular weight is 476 g/mol. The van der Waals surface area contributed by atoms with Gasteiger partial charge in [-0.2, -0.15) is 13.8 Å². The van der Waals surface area contributed by atoms with Crippen molar-refractivity contribution < 1.29 is 23.1 Å². The van der Waals surface area contributed by atoms with Crippen LogP contribution >= 0.6 is 23.2 Å². The fourth-order valence-electron chi connectivity index (χ4n) is 3.91. The van der Waals surface area contributed by atoms with Crippen LogP contribution in [0.1, 0.15) is 49.6 Å². The molecule has 1 aliphatic carbocycles. The van der Waals surface area contributed by atoms with Crippen LogP contribution in [0.15, 0.2) is 22.8 Å². The highest BCUT2D eigenvalue weighted by atomic mass is 35.5. The van der Waals surface area contributed by atoms with Crippen molar-refractivity contribution in [1.82, 2.24) is 14.5 Å². The molecule has 8 nitrogen and oxygen atoms in total. The number of alkyl halides is 2. The molecule has 0 spiro atoms. The lowest BCUT2D eigenvalue weighted by Crippen LogP contribution is -2.33. The van der Waals surface area contributed by atoms with Gasteiger partial charge in [0.15, 0.2) is 5.82 Å². The highest BCUT2D eigenvalue weighted by Crippen LogP contribution is 2.44. The van der Waals surface area contributed by atoms with Crippen molar-refractivity contribution in [3.63, 3.8) is 0 Å². The van der Waals surface area contributed by atoms with Crippen molar-refractivity contribution in [3.8, 4) is 0 Å². The van der Waals surface area contributed by atoms with Crippen LogP contribution in [0.5, 0.6) is 0 Å². The monoisotopic (exact) mass is 475 g/mol. The predicted octanol–water partition coefficient (Wildman–Crippen LogP) is 5.02. The lowest BCUT2D eigenvalue weighted by Gasteiger charge is -2.30. The number of carbonyl (C=O) groups is 1. The standard InChI is InChI=1S/C18H19Cl2F2N5O.CH2O2/c19-12-13-15(16(26-17(20)25-13)24-8-9-4-3-7-28-9)27(18(21)22)14(12)10-5-1-2-6-11(10)23;2-1-3/h3-4,7,10-11,18H,1-2,5-6,8,23H2,(H,24,25,26);1H,(H,2,3)/t10-,11-;/m0./s1. The number of hydrogen-bond acceptors (Lipinski definition) is 6. The van der Waals surface area contributed by atoms with Gasteiger partial charge in [-0.15, -0.1) is 0 Å². The molecule has 12 heteroatoms. The molecular formula is C19H21Cl2F2N5O3. The summed E-state index contributed by atoms with van der Waals surface area (Å²) in [6.07, 6.45) is 4.88. The van der Waals surface area contributed by atoms with Gasteiger partial charge in [0.25, 0.3) is 6.47 Å².